The van der Waals surface area contributed by atoms with Crippen molar-refractivity contribution in [3.8, 4) is 0 Å². The molecule has 6 nitrogen and oxygen atoms in total. The number of ketones is 2. The summed E-state index contributed by atoms with van der Waals surface area (Å²) in [6.07, 6.45) is -9.84. The molecule has 0 fully saturated rings. The number of thiophene rings is 2. The molecule has 0 N–H and O–H groups in total. The summed E-state index contributed by atoms with van der Waals surface area (Å²) in [5, 5.41) is 23.8. The Kier molecular flexibility index (Phi) is 17.5. The number of nitrogens with zero attached hydrogens (tertiary/aromatic N) is 2. The molecule has 37 heavy (non-hydrogen) atoms. The van der Waals surface area contributed by atoms with Crippen molar-refractivity contribution in [2.45, 2.75) is 12.4 Å². The molecule has 0 radical (unpaired) electrons. The molecular weight excluding hydrogens is 600 g/mol. The third kappa shape index (κ3) is 17.1. The van der Waals surface area contributed by atoms with Crippen LogP contribution in [-0.4, -0.2) is 75.0 Å². The molecule has 0 bridgehead atoms. The first-order valence-electron chi connectivity index (χ1n) is 9.82. The predicted octanol–water partition coefficient (Wildman–Crippen LogP) is 3.58. The summed E-state index contributed by atoms with van der Waals surface area (Å²) in [5.41, 5.74) is 0. The summed E-state index contributed by atoms with van der Waals surface area (Å²) in [6.45, 7) is 2.29. The molecule has 202 valence electrons. The van der Waals surface area contributed by atoms with Crippen molar-refractivity contribution in [3.63, 3.8) is 0 Å². The molecule has 0 saturated heterocycles. The van der Waals surface area contributed by atoms with Gasteiger partial charge in [0.15, 0.2) is 11.6 Å². The van der Waals surface area contributed by atoms with Gasteiger partial charge in [-0.05, 0) is 74.8 Å². The van der Waals surface area contributed by atoms with E-state index in [0.29, 0.717) is 0 Å². The number of rotatable bonds is 7. The Morgan fingerprint density at radius 1 is 0.757 bits per heavy atom. The minimum absolute atomic E-state index is 0. The van der Waals surface area contributed by atoms with Gasteiger partial charge in [-0.25, -0.2) is 0 Å². The summed E-state index contributed by atoms with van der Waals surface area (Å²) in [6, 6.07) is 5.74. The van der Waals surface area contributed by atoms with E-state index in [0.717, 1.165) is 35.8 Å². The van der Waals surface area contributed by atoms with E-state index in [-0.39, 0.29) is 41.4 Å². The van der Waals surface area contributed by atoms with Gasteiger partial charge < -0.3 is 20.0 Å². The standard InChI is InChI=1S/2C8H5F3O2S.C6H16N2.Zn/c2*9-8(10,11)7(13)4-5(12)6-2-1-3-14-6;1-7(2)5-6-8(3)4;/h2*1-4,13H;5-6H2,1-4H3;/q;;;+2/p-2/b2*7-4-;;. The molecule has 0 spiro atoms. The smallest absolute Gasteiger partial charge is 0.869 e. The van der Waals surface area contributed by atoms with Crippen LogP contribution in [0.1, 0.15) is 19.3 Å². The maximum Gasteiger partial charge on any atom is 2.00 e. The second-order valence-electron chi connectivity index (χ2n) is 7.30. The van der Waals surface area contributed by atoms with Crippen LogP contribution < -0.4 is 10.2 Å². The summed E-state index contributed by atoms with van der Waals surface area (Å²) >= 11 is 1.97. The first-order valence-corrected chi connectivity index (χ1v) is 11.6. The second kappa shape index (κ2) is 17.5. The number of likely N-dealkylation sites (N-methyl/N-ethyl adjacent to an activating group) is 2. The second-order valence-corrected chi connectivity index (χ2v) is 9.20. The maximum atomic E-state index is 11.7. The van der Waals surface area contributed by atoms with Gasteiger partial charge >= 0.3 is 31.8 Å². The number of hydrogen-bond acceptors (Lipinski definition) is 8. The van der Waals surface area contributed by atoms with Crippen LogP contribution >= 0.6 is 22.7 Å². The van der Waals surface area contributed by atoms with Gasteiger partial charge in [0, 0.05) is 13.1 Å². The van der Waals surface area contributed by atoms with Crippen LogP contribution in [0.2, 0.25) is 0 Å². The number of carbonyl (C=O) groups excluding carboxylic acids is 2. The minimum atomic E-state index is -4.98. The van der Waals surface area contributed by atoms with Crippen molar-refractivity contribution >= 4 is 34.2 Å². The van der Waals surface area contributed by atoms with Crippen LogP contribution in [0, 0.1) is 0 Å². The van der Waals surface area contributed by atoms with E-state index in [9.17, 15) is 46.1 Å². The van der Waals surface area contributed by atoms with Crippen LogP contribution in [0.4, 0.5) is 26.3 Å². The third-order valence-electron chi connectivity index (χ3n) is 3.61. The quantitative estimate of drug-likeness (QED) is 0.154. The SMILES string of the molecule is CN(C)CCN(C)C.O=C(/C=C(\[O-])C(F)(F)F)c1cccs1.O=C(/C=C(\[O-])C(F)(F)F)c1cccs1.[Zn+2]. The van der Waals surface area contributed by atoms with Gasteiger partial charge in [-0.2, -0.15) is 26.3 Å². The Morgan fingerprint density at radius 3 is 1.24 bits per heavy atom. The monoisotopic (exact) mass is 622 g/mol. The van der Waals surface area contributed by atoms with Crippen molar-refractivity contribution < 1.29 is 65.6 Å². The van der Waals surface area contributed by atoms with Crippen LogP contribution in [0.15, 0.2) is 58.7 Å². The molecule has 0 aliphatic carbocycles. The third-order valence-corrected chi connectivity index (χ3v) is 5.37. The Labute approximate surface area is 231 Å². The van der Waals surface area contributed by atoms with Gasteiger partial charge in [0.25, 0.3) is 0 Å². The average Bonchev–Trinajstić information content (AvgIpc) is 3.46. The molecule has 0 saturated carbocycles. The molecule has 0 aromatic carbocycles. The summed E-state index contributed by atoms with van der Waals surface area (Å²) in [7, 11) is 8.35. The van der Waals surface area contributed by atoms with Crippen LogP contribution in [-0.2, 0) is 19.5 Å². The van der Waals surface area contributed by atoms with Crippen LogP contribution in [0.3, 0.4) is 0 Å². The zero-order chi connectivity index (χ0) is 28.1. The van der Waals surface area contributed by atoms with Crippen LogP contribution in [0.5, 0.6) is 0 Å². The van der Waals surface area contributed by atoms with Crippen molar-refractivity contribution in [2.24, 2.45) is 0 Å². The molecule has 2 rings (SSSR count). The molecular formula is C22H24F6N2O4S2Zn. The Morgan fingerprint density at radius 2 is 1.05 bits per heavy atom. The van der Waals surface area contributed by atoms with E-state index < -0.39 is 35.4 Å². The molecule has 0 amide bonds. The number of halogens is 6. The predicted molar refractivity (Wildman–Crippen MR) is 123 cm³/mol. The van der Waals surface area contributed by atoms with Gasteiger partial charge in [-0.3, -0.25) is 9.59 Å². The topological polar surface area (TPSA) is 86.7 Å². The number of alkyl halides is 6. The molecule has 0 aliphatic rings. The van der Waals surface area contributed by atoms with E-state index >= 15 is 0 Å². The normalized spacial score (nSPS) is 12.2. The van der Waals surface area contributed by atoms with Gasteiger partial charge in [-0.1, -0.05) is 12.1 Å². The first kappa shape index (κ1) is 37.1. The molecule has 15 heteroatoms. The average molecular weight is 624 g/mol. The summed E-state index contributed by atoms with van der Waals surface area (Å²) in [5.74, 6) is -6.09. The molecule has 2 heterocycles. The Bertz CT molecular complexity index is 908. The van der Waals surface area contributed by atoms with E-state index in [4.69, 9.17) is 0 Å². The van der Waals surface area contributed by atoms with Gasteiger partial charge in [0.05, 0.1) is 9.75 Å². The van der Waals surface area contributed by atoms with E-state index in [1.54, 1.807) is 10.8 Å². The maximum absolute atomic E-state index is 11.7. The fraction of sp³-hybridized carbons (Fsp3) is 0.364. The van der Waals surface area contributed by atoms with Crippen molar-refractivity contribution in [2.75, 3.05) is 41.3 Å². The number of hydrogen-bond donors (Lipinski definition) is 0. The number of allylic oxidation sites excluding steroid dienone is 4. The zero-order valence-electron chi connectivity index (χ0n) is 20.4. The first-order chi connectivity index (χ1) is 16.4. The zero-order valence-corrected chi connectivity index (χ0v) is 25.0. The largest absolute Gasteiger partial charge is 2.00 e. The Balaban J connectivity index is 0. The Hall–Kier alpha value is -2.06. The van der Waals surface area contributed by atoms with Crippen LogP contribution in [0.25, 0.3) is 0 Å². The van der Waals surface area contributed by atoms with Gasteiger partial charge in [-0.15, -0.1) is 22.7 Å². The van der Waals surface area contributed by atoms with Crippen molar-refractivity contribution in [3.05, 3.63) is 68.5 Å². The fourth-order valence-electron chi connectivity index (χ4n) is 1.78. The fourth-order valence-corrected chi connectivity index (χ4v) is 3.05. The number of carbonyl (C=O) groups is 2. The minimum Gasteiger partial charge on any atom is -0.869 e. The van der Waals surface area contributed by atoms with Gasteiger partial charge in [0.1, 0.15) is 0 Å². The van der Waals surface area contributed by atoms with E-state index in [2.05, 4.69) is 38.0 Å². The molecule has 0 unspecified atom stereocenters. The summed E-state index contributed by atoms with van der Waals surface area (Å²) in [4.78, 5) is 26.6. The van der Waals surface area contributed by atoms with Gasteiger partial charge in [0.2, 0.25) is 0 Å². The summed E-state index contributed by atoms with van der Waals surface area (Å²) < 4.78 is 70.3. The van der Waals surface area contributed by atoms with E-state index in [1.165, 1.54) is 24.3 Å². The molecule has 2 aromatic rings. The molecule has 0 atom stereocenters. The molecule has 2 aromatic heterocycles. The van der Waals surface area contributed by atoms with Crippen molar-refractivity contribution in [1.29, 1.82) is 0 Å². The van der Waals surface area contributed by atoms with E-state index in [1.807, 2.05) is 0 Å². The van der Waals surface area contributed by atoms with Crippen molar-refractivity contribution in [1.82, 2.24) is 9.80 Å². The molecule has 0 aliphatic heterocycles.